The van der Waals surface area contributed by atoms with Gasteiger partial charge in [0, 0.05) is 25.6 Å². The second-order valence-electron chi connectivity index (χ2n) is 6.43. The van der Waals surface area contributed by atoms with Crippen LogP contribution in [0, 0.1) is 0 Å². The maximum absolute atomic E-state index is 5.76. The van der Waals surface area contributed by atoms with Gasteiger partial charge in [0.25, 0.3) is 0 Å². The molecule has 0 bridgehead atoms. The number of hydrogen-bond acceptors (Lipinski definition) is 4. The van der Waals surface area contributed by atoms with E-state index >= 15 is 0 Å². The summed E-state index contributed by atoms with van der Waals surface area (Å²) in [6.45, 7) is 6.67. The largest absolute Gasteiger partial charge is 0.376 e. The van der Waals surface area contributed by atoms with Crippen molar-refractivity contribution in [1.82, 2.24) is 25.4 Å². The second kappa shape index (κ2) is 9.55. The summed E-state index contributed by atoms with van der Waals surface area (Å²) in [5.74, 6) is 1.92. The minimum Gasteiger partial charge on any atom is -0.376 e. The van der Waals surface area contributed by atoms with Gasteiger partial charge in [0.1, 0.15) is 12.2 Å². The molecule has 2 aliphatic rings. The molecule has 2 unspecified atom stereocenters. The Balaban J connectivity index is 0.00000208. The van der Waals surface area contributed by atoms with Crippen molar-refractivity contribution in [2.45, 2.75) is 70.7 Å². The standard InChI is InChI=1S/C16H28N6O.HI/c1-3-15-21-18-11-22(15)9-8-17-16(20-13-6-7-13)19-12(2)14-5-4-10-23-14;/h11-14H,3-10H2,1-2H3,(H2,17,19,20);1H. The van der Waals surface area contributed by atoms with Gasteiger partial charge in [-0.2, -0.15) is 0 Å². The van der Waals surface area contributed by atoms with E-state index in [1.165, 1.54) is 12.8 Å². The monoisotopic (exact) mass is 448 g/mol. The van der Waals surface area contributed by atoms with Crippen molar-refractivity contribution in [3.8, 4) is 0 Å². The predicted octanol–water partition coefficient (Wildman–Crippen LogP) is 1.72. The van der Waals surface area contributed by atoms with Gasteiger partial charge >= 0.3 is 0 Å². The van der Waals surface area contributed by atoms with Gasteiger partial charge in [0.05, 0.1) is 18.7 Å². The van der Waals surface area contributed by atoms with E-state index in [0.717, 1.165) is 44.2 Å². The molecule has 3 rings (SSSR count). The minimum atomic E-state index is 0. The van der Waals surface area contributed by atoms with Crippen LogP contribution in [0.15, 0.2) is 11.3 Å². The Hall–Kier alpha value is -0.900. The first-order valence-electron chi connectivity index (χ1n) is 8.82. The fourth-order valence-corrected chi connectivity index (χ4v) is 2.87. The SMILES string of the molecule is CCc1nncn1CCN=C(NC1CC1)NC(C)C1CCCO1.I. The Bertz CT molecular complexity index is 524. The quantitative estimate of drug-likeness (QED) is 0.378. The van der Waals surface area contributed by atoms with Gasteiger partial charge in [-0.15, -0.1) is 34.2 Å². The summed E-state index contributed by atoms with van der Waals surface area (Å²) in [6.07, 6.45) is 7.74. The number of nitrogens with zero attached hydrogens (tertiary/aromatic N) is 4. The van der Waals surface area contributed by atoms with Crippen molar-refractivity contribution >= 4 is 29.9 Å². The molecule has 0 amide bonds. The van der Waals surface area contributed by atoms with Gasteiger partial charge in [-0.05, 0) is 32.6 Å². The highest BCUT2D eigenvalue weighted by Crippen LogP contribution is 2.19. The minimum absolute atomic E-state index is 0. The lowest BCUT2D eigenvalue weighted by Gasteiger charge is -2.22. The molecule has 1 saturated carbocycles. The fourth-order valence-electron chi connectivity index (χ4n) is 2.87. The first kappa shape index (κ1) is 19.4. The average Bonchev–Trinajstić information content (AvgIpc) is 3.05. The fraction of sp³-hybridized carbons (Fsp3) is 0.812. The Morgan fingerprint density at radius 1 is 1.46 bits per heavy atom. The van der Waals surface area contributed by atoms with E-state index in [1.54, 1.807) is 6.33 Å². The Kier molecular flexibility index (Phi) is 7.73. The van der Waals surface area contributed by atoms with Crippen LogP contribution < -0.4 is 10.6 Å². The highest BCUT2D eigenvalue weighted by atomic mass is 127. The molecule has 1 aromatic rings. The third-order valence-corrected chi connectivity index (χ3v) is 4.43. The lowest BCUT2D eigenvalue weighted by molar-refractivity contribution is 0.0890. The summed E-state index contributed by atoms with van der Waals surface area (Å²) in [7, 11) is 0. The van der Waals surface area contributed by atoms with Gasteiger partial charge in [-0.1, -0.05) is 6.92 Å². The van der Waals surface area contributed by atoms with E-state index in [4.69, 9.17) is 9.73 Å². The Labute approximate surface area is 161 Å². The lowest BCUT2D eigenvalue weighted by atomic mass is 10.1. The van der Waals surface area contributed by atoms with E-state index in [1.807, 2.05) is 0 Å². The summed E-state index contributed by atoms with van der Waals surface area (Å²) in [5, 5.41) is 15.1. The van der Waals surface area contributed by atoms with Crippen molar-refractivity contribution in [2.24, 2.45) is 4.99 Å². The average molecular weight is 448 g/mol. The van der Waals surface area contributed by atoms with E-state index < -0.39 is 0 Å². The van der Waals surface area contributed by atoms with Gasteiger partial charge in [0.15, 0.2) is 5.96 Å². The zero-order valence-corrected chi connectivity index (χ0v) is 16.9. The summed E-state index contributed by atoms with van der Waals surface area (Å²) in [4.78, 5) is 4.73. The van der Waals surface area contributed by atoms with Gasteiger partial charge in [-0.25, -0.2) is 0 Å². The molecule has 1 aromatic heterocycles. The first-order chi connectivity index (χ1) is 11.3. The smallest absolute Gasteiger partial charge is 0.191 e. The van der Waals surface area contributed by atoms with Crippen molar-refractivity contribution in [2.75, 3.05) is 13.2 Å². The number of guanidine groups is 1. The van der Waals surface area contributed by atoms with Crippen LogP contribution in [0.3, 0.4) is 0 Å². The predicted molar refractivity (Wildman–Crippen MR) is 105 cm³/mol. The van der Waals surface area contributed by atoms with Crippen LogP contribution in [0.25, 0.3) is 0 Å². The molecule has 1 saturated heterocycles. The normalized spacial score (nSPS) is 22.1. The molecular weight excluding hydrogens is 419 g/mol. The third kappa shape index (κ3) is 5.58. The second-order valence-corrected chi connectivity index (χ2v) is 6.43. The number of aliphatic imine (C=N–C) groups is 1. The molecule has 136 valence electrons. The van der Waals surface area contributed by atoms with Crippen LogP contribution in [0.1, 0.15) is 45.4 Å². The molecule has 1 aliphatic heterocycles. The number of hydrogen-bond donors (Lipinski definition) is 2. The summed E-state index contributed by atoms with van der Waals surface area (Å²) in [5.41, 5.74) is 0. The number of aryl methyl sites for hydroxylation is 1. The number of nitrogens with one attached hydrogen (secondary N) is 2. The third-order valence-electron chi connectivity index (χ3n) is 4.43. The van der Waals surface area contributed by atoms with Crippen LogP contribution in [-0.4, -0.2) is 52.1 Å². The molecule has 2 N–H and O–H groups in total. The van der Waals surface area contributed by atoms with Crippen LogP contribution >= 0.6 is 24.0 Å². The Morgan fingerprint density at radius 2 is 2.29 bits per heavy atom. The zero-order chi connectivity index (χ0) is 16.1. The van der Waals surface area contributed by atoms with Crippen molar-refractivity contribution < 1.29 is 4.74 Å². The number of aromatic nitrogens is 3. The van der Waals surface area contributed by atoms with Crippen LogP contribution in [-0.2, 0) is 17.7 Å². The van der Waals surface area contributed by atoms with Gasteiger partial charge < -0.3 is 19.9 Å². The summed E-state index contributed by atoms with van der Waals surface area (Å²) >= 11 is 0. The van der Waals surface area contributed by atoms with Crippen molar-refractivity contribution in [1.29, 1.82) is 0 Å². The molecule has 8 heteroatoms. The van der Waals surface area contributed by atoms with Crippen LogP contribution in [0.4, 0.5) is 0 Å². The van der Waals surface area contributed by atoms with E-state index in [2.05, 4.69) is 39.2 Å². The number of ether oxygens (including phenoxy) is 1. The number of halogens is 1. The maximum atomic E-state index is 5.76. The molecule has 0 aromatic carbocycles. The van der Waals surface area contributed by atoms with Crippen LogP contribution in [0.2, 0.25) is 0 Å². The van der Waals surface area contributed by atoms with Gasteiger partial charge in [0.2, 0.25) is 0 Å². The highest BCUT2D eigenvalue weighted by Gasteiger charge is 2.26. The molecule has 2 fully saturated rings. The molecule has 1 aliphatic carbocycles. The molecule has 24 heavy (non-hydrogen) atoms. The highest BCUT2D eigenvalue weighted by molar-refractivity contribution is 14.0. The molecule has 2 atom stereocenters. The van der Waals surface area contributed by atoms with E-state index in [9.17, 15) is 0 Å². The topological polar surface area (TPSA) is 76.4 Å². The van der Waals surface area contributed by atoms with Crippen molar-refractivity contribution in [3.05, 3.63) is 12.2 Å². The van der Waals surface area contributed by atoms with E-state index in [-0.39, 0.29) is 30.0 Å². The zero-order valence-electron chi connectivity index (χ0n) is 14.6. The number of rotatable bonds is 7. The summed E-state index contributed by atoms with van der Waals surface area (Å²) < 4.78 is 7.84. The Morgan fingerprint density at radius 3 is 2.96 bits per heavy atom. The lowest BCUT2D eigenvalue weighted by Crippen LogP contribution is -2.47. The van der Waals surface area contributed by atoms with Crippen molar-refractivity contribution in [3.63, 3.8) is 0 Å². The van der Waals surface area contributed by atoms with Gasteiger partial charge in [-0.3, -0.25) is 4.99 Å². The molecular formula is C16H29IN6O. The first-order valence-corrected chi connectivity index (χ1v) is 8.82. The molecule has 0 spiro atoms. The summed E-state index contributed by atoms with van der Waals surface area (Å²) in [6, 6.07) is 0.864. The van der Waals surface area contributed by atoms with E-state index in [0.29, 0.717) is 18.7 Å². The van der Waals surface area contributed by atoms with Crippen LogP contribution in [0.5, 0.6) is 0 Å². The molecule has 7 nitrogen and oxygen atoms in total. The molecule has 0 radical (unpaired) electrons. The maximum Gasteiger partial charge on any atom is 0.191 e. The molecule has 2 heterocycles.